The van der Waals surface area contributed by atoms with Gasteiger partial charge in [-0.05, 0) is 12.1 Å². The lowest BCUT2D eigenvalue weighted by Gasteiger charge is -2.01. The number of imidazole rings is 1. The average Bonchev–Trinajstić information content (AvgIpc) is 2.88. The molecule has 0 atom stereocenters. The average molecular weight is 287 g/mol. The van der Waals surface area contributed by atoms with E-state index in [1.54, 1.807) is 12.1 Å². The zero-order chi connectivity index (χ0) is 15.3. The largest absolute Gasteiger partial charge is 0.507 e. The van der Waals surface area contributed by atoms with Crippen molar-refractivity contribution in [3.63, 3.8) is 0 Å². The lowest BCUT2D eigenvalue weighted by Crippen LogP contribution is -2.36. The number of nitrogens with one attached hydrogen (secondary N) is 1. The summed E-state index contributed by atoms with van der Waals surface area (Å²) < 4.78 is 2.26. The molecule has 8 heteroatoms. The van der Waals surface area contributed by atoms with Crippen LogP contribution < -0.4 is 17.0 Å². The number of anilines is 1. The highest BCUT2D eigenvalue weighted by molar-refractivity contribution is 5.78. The fourth-order valence-electron chi connectivity index (χ4n) is 2.20. The molecule has 21 heavy (non-hydrogen) atoms. The number of H-pyrrole nitrogens is 1. The van der Waals surface area contributed by atoms with Crippen molar-refractivity contribution in [3.05, 3.63) is 39.0 Å². The van der Waals surface area contributed by atoms with Gasteiger partial charge in [-0.3, -0.25) is 13.9 Å². The lowest BCUT2D eigenvalue weighted by atomic mass is 10.2. The fourth-order valence-corrected chi connectivity index (χ4v) is 2.20. The highest BCUT2D eigenvalue weighted by Crippen LogP contribution is 2.29. The maximum atomic E-state index is 12.1. The maximum Gasteiger partial charge on any atom is 0.332 e. The summed E-state index contributed by atoms with van der Waals surface area (Å²) in [5.74, 6) is 0.233. The SMILES string of the molecule is Cn1c(=O)c2[nH]c(-c3ccc(N)cc3O)nc2n(C)c1=O. The van der Waals surface area contributed by atoms with E-state index in [0.29, 0.717) is 17.1 Å². The van der Waals surface area contributed by atoms with Crippen molar-refractivity contribution in [1.29, 1.82) is 0 Å². The summed E-state index contributed by atoms with van der Waals surface area (Å²) in [5.41, 5.74) is 5.88. The van der Waals surface area contributed by atoms with Crippen LogP contribution in [0.2, 0.25) is 0 Å². The summed E-state index contributed by atoms with van der Waals surface area (Å²) in [6, 6.07) is 4.59. The van der Waals surface area contributed by atoms with Crippen molar-refractivity contribution in [1.82, 2.24) is 19.1 Å². The monoisotopic (exact) mass is 287 g/mol. The molecule has 0 aliphatic rings. The first-order valence-corrected chi connectivity index (χ1v) is 6.14. The number of nitrogen functional groups attached to an aromatic ring is 1. The number of hydrogen-bond donors (Lipinski definition) is 3. The van der Waals surface area contributed by atoms with Crippen LogP contribution >= 0.6 is 0 Å². The van der Waals surface area contributed by atoms with Gasteiger partial charge >= 0.3 is 5.69 Å². The van der Waals surface area contributed by atoms with Crippen molar-refractivity contribution in [3.8, 4) is 17.1 Å². The van der Waals surface area contributed by atoms with Crippen molar-refractivity contribution >= 4 is 16.9 Å². The molecule has 0 fully saturated rings. The molecule has 0 spiro atoms. The molecule has 0 radical (unpaired) electrons. The van der Waals surface area contributed by atoms with Gasteiger partial charge in [0.25, 0.3) is 5.56 Å². The van der Waals surface area contributed by atoms with Crippen LogP contribution in [0.1, 0.15) is 0 Å². The first-order valence-electron chi connectivity index (χ1n) is 6.14. The van der Waals surface area contributed by atoms with E-state index in [2.05, 4.69) is 9.97 Å². The Morgan fingerprint density at radius 3 is 2.62 bits per heavy atom. The van der Waals surface area contributed by atoms with Gasteiger partial charge in [-0.1, -0.05) is 0 Å². The number of hydrogen-bond acceptors (Lipinski definition) is 5. The Morgan fingerprint density at radius 1 is 1.24 bits per heavy atom. The molecule has 4 N–H and O–H groups in total. The number of fused-ring (bicyclic) bond motifs is 1. The topological polar surface area (TPSA) is 119 Å². The van der Waals surface area contributed by atoms with Gasteiger partial charge < -0.3 is 15.8 Å². The van der Waals surface area contributed by atoms with Crippen LogP contribution in [0.15, 0.2) is 27.8 Å². The number of rotatable bonds is 1. The van der Waals surface area contributed by atoms with E-state index in [0.717, 1.165) is 4.57 Å². The molecular weight excluding hydrogens is 274 g/mol. The number of aryl methyl sites for hydroxylation is 1. The Kier molecular flexibility index (Phi) is 2.62. The summed E-state index contributed by atoms with van der Waals surface area (Å²) in [7, 11) is 2.92. The second kappa shape index (κ2) is 4.23. The van der Waals surface area contributed by atoms with Crippen LogP contribution in [0.3, 0.4) is 0 Å². The molecule has 0 amide bonds. The van der Waals surface area contributed by atoms with Gasteiger partial charge in [-0.15, -0.1) is 0 Å². The van der Waals surface area contributed by atoms with E-state index >= 15 is 0 Å². The van der Waals surface area contributed by atoms with Crippen LogP contribution in [-0.2, 0) is 14.1 Å². The first-order chi connectivity index (χ1) is 9.90. The normalized spacial score (nSPS) is 11.1. The van der Waals surface area contributed by atoms with E-state index in [-0.39, 0.29) is 16.9 Å². The van der Waals surface area contributed by atoms with Crippen molar-refractivity contribution in [2.45, 2.75) is 0 Å². The Hall–Kier alpha value is -3.03. The van der Waals surface area contributed by atoms with Gasteiger partial charge in [0.2, 0.25) is 0 Å². The Balaban J connectivity index is 2.37. The minimum atomic E-state index is -0.471. The number of aromatic amines is 1. The molecule has 0 aliphatic carbocycles. The van der Waals surface area contributed by atoms with Gasteiger partial charge in [0.05, 0.1) is 5.56 Å². The molecule has 0 saturated carbocycles. The lowest BCUT2D eigenvalue weighted by molar-refractivity contribution is 0.477. The molecule has 2 aromatic heterocycles. The van der Waals surface area contributed by atoms with Crippen molar-refractivity contribution in [2.24, 2.45) is 14.1 Å². The number of aromatic hydroxyl groups is 1. The molecule has 3 aromatic rings. The van der Waals surface area contributed by atoms with Crippen LogP contribution in [0.4, 0.5) is 5.69 Å². The second-order valence-corrected chi connectivity index (χ2v) is 4.77. The molecule has 1 aromatic carbocycles. The molecule has 8 nitrogen and oxygen atoms in total. The summed E-state index contributed by atoms with van der Waals surface area (Å²) in [4.78, 5) is 31.0. The van der Waals surface area contributed by atoms with E-state index in [1.807, 2.05) is 0 Å². The third kappa shape index (κ3) is 1.80. The predicted octanol–water partition coefficient (Wildman–Crippen LogP) is -0.0849. The van der Waals surface area contributed by atoms with E-state index in [4.69, 9.17) is 5.73 Å². The fraction of sp³-hybridized carbons (Fsp3) is 0.154. The molecule has 3 rings (SSSR count). The van der Waals surface area contributed by atoms with Crippen LogP contribution in [-0.4, -0.2) is 24.2 Å². The summed E-state index contributed by atoms with van der Waals surface area (Å²) >= 11 is 0. The van der Waals surface area contributed by atoms with Gasteiger partial charge in [-0.25, -0.2) is 9.78 Å². The standard InChI is InChI=1S/C13H13N5O3/c1-17-11-9(12(20)18(2)13(17)21)15-10(16-11)7-4-3-6(14)5-8(7)19/h3-5,19H,14H2,1-2H3,(H,15,16). The molecule has 0 bridgehead atoms. The molecule has 0 saturated heterocycles. The second-order valence-electron chi connectivity index (χ2n) is 4.77. The molecule has 0 aliphatic heterocycles. The predicted molar refractivity (Wildman–Crippen MR) is 78.1 cm³/mol. The maximum absolute atomic E-state index is 12.1. The van der Waals surface area contributed by atoms with Crippen molar-refractivity contribution in [2.75, 3.05) is 5.73 Å². The quantitative estimate of drug-likeness (QED) is 0.541. The third-order valence-electron chi connectivity index (χ3n) is 3.37. The van der Waals surface area contributed by atoms with E-state index in [9.17, 15) is 14.7 Å². The van der Waals surface area contributed by atoms with Crippen LogP contribution in [0, 0.1) is 0 Å². The summed E-state index contributed by atoms with van der Waals surface area (Å²) in [5, 5.41) is 9.93. The Morgan fingerprint density at radius 2 is 1.95 bits per heavy atom. The summed E-state index contributed by atoms with van der Waals surface area (Å²) in [6.45, 7) is 0. The van der Waals surface area contributed by atoms with Crippen molar-refractivity contribution < 1.29 is 5.11 Å². The highest BCUT2D eigenvalue weighted by atomic mass is 16.3. The molecule has 0 unspecified atom stereocenters. The first kappa shape index (κ1) is 13.0. The molecule has 108 valence electrons. The zero-order valence-electron chi connectivity index (χ0n) is 11.4. The number of aromatic nitrogens is 4. The van der Waals surface area contributed by atoms with Gasteiger partial charge in [0.15, 0.2) is 5.65 Å². The van der Waals surface area contributed by atoms with Crippen LogP contribution in [0.5, 0.6) is 5.75 Å². The Labute approximate surface area is 118 Å². The number of benzene rings is 1. The van der Waals surface area contributed by atoms with E-state index < -0.39 is 11.2 Å². The minimum absolute atomic E-state index is 0.0594. The molecule has 2 heterocycles. The third-order valence-corrected chi connectivity index (χ3v) is 3.37. The van der Waals surface area contributed by atoms with Crippen LogP contribution in [0.25, 0.3) is 22.6 Å². The van der Waals surface area contributed by atoms with Gasteiger partial charge in [-0.2, -0.15) is 0 Å². The zero-order valence-corrected chi connectivity index (χ0v) is 11.4. The number of phenolic OH excluding ortho intramolecular Hbond substituents is 1. The molecular formula is C13H13N5O3. The number of phenols is 1. The Bertz CT molecular complexity index is 980. The smallest absolute Gasteiger partial charge is 0.332 e. The number of nitrogens with zero attached hydrogens (tertiary/aromatic N) is 3. The van der Waals surface area contributed by atoms with Gasteiger partial charge in [0.1, 0.15) is 17.1 Å². The van der Waals surface area contributed by atoms with E-state index in [1.165, 1.54) is 24.7 Å². The van der Waals surface area contributed by atoms with Gasteiger partial charge in [0, 0.05) is 25.8 Å². The summed E-state index contributed by atoms with van der Waals surface area (Å²) in [6.07, 6.45) is 0. The number of nitrogens with two attached hydrogens (primary N) is 1. The minimum Gasteiger partial charge on any atom is -0.507 e. The highest BCUT2D eigenvalue weighted by Gasteiger charge is 2.16.